The van der Waals surface area contributed by atoms with Crippen LogP contribution in [0.5, 0.6) is 11.5 Å². The highest BCUT2D eigenvalue weighted by molar-refractivity contribution is 6.30. The number of ether oxygens (including phenoxy) is 2. The van der Waals surface area contributed by atoms with Crippen molar-refractivity contribution in [3.8, 4) is 11.5 Å². The zero-order valence-corrected chi connectivity index (χ0v) is 13.8. The topological polar surface area (TPSA) is 65.4 Å². The van der Waals surface area contributed by atoms with Crippen LogP contribution in [0, 0.1) is 5.92 Å². The van der Waals surface area contributed by atoms with Crippen LogP contribution in [-0.2, 0) is 11.3 Å². The number of hydrogen-bond acceptors (Lipinski definition) is 4. The van der Waals surface area contributed by atoms with Crippen LogP contribution >= 0.6 is 11.6 Å². The lowest BCUT2D eigenvalue weighted by molar-refractivity contribution is -0.119. The molecule has 24 heavy (non-hydrogen) atoms. The summed E-state index contributed by atoms with van der Waals surface area (Å²) in [6.07, 6.45) is 3.10. The van der Waals surface area contributed by atoms with Crippen molar-refractivity contribution >= 4 is 23.2 Å². The number of nitrogens with zero attached hydrogens (tertiary/aromatic N) is 2. The third kappa shape index (κ3) is 4.82. The van der Waals surface area contributed by atoms with Gasteiger partial charge in [0.25, 0.3) is 0 Å². The molecule has 1 amide bonds. The van der Waals surface area contributed by atoms with Crippen molar-refractivity contribution in [3.05, 3.63) is 35.6 Å². The zero-order chi connectivity index (χ0) is 17.7. The first-order valence-corrected chi connectivity index (χ1v) is 7.38. The third-order valence-corrected chi connectivity index (χ3v) is 3.35. The van der Waals surface area contributed by atoms with Crippen LogP contribution in [0.2, 0.25) is 5.02 Å². The van der Waals surface area contributed by atoms with Crippen molar-refractivity contribution in [1.82, 2.24) is 9.78 Å². The smallest absolute Gasteiger partial charge is 0.387 e. The van der Waals surface area contributed by atoms with Crippen LogP contribution in [0.3, 0.4) is 0 Å². The number of anilines is 1. The fourth-order valence-corrected chi connectivity index (χ4v) is 2.16. The van der Waals surface area contributed by atoms with E-state index in [4.69, 9.17) is 16.3 Å². The summed E-state index contributed by atoms with van der Waals surface area (Å²) in [7, 11) is 1.32. The predicted octanol–water partition coefficient (Wildman–Crippen LogP) is 3.42. The van der Waals surface area contributed by atoms with Crippen molar-refractivity contribution in [1.29, 1.82) is 0 Å². The lowest BCUT2D eigenvalue weighted by atomic mass is 10.1. The van der Waals surface area contributed by atoms with Crippen LogP contribution in [0.4, 0.5) is 14.5 Å². The molecule has 1 aromatic heterocycles. The molecule has 0 spiro atoms. The number of halogens is 3. The van der Waals surface area contributed by atoms with Gasteiger partial charge in [-0.2, -0.15) is 13.9 Å². The number of carbonyl (C=O) groups is 1. The molecule has 9 heteroatoms. The molecule has 0 radical (unpaired) electrons. The van der Waals surface area contributed by atoms with Crippen molar-refractivity contribution in [2.24, 2.45) is 5.92 Å². The summed E-state index contributed by atoms with van der Waals surface area (Å²) in [5, 5.41) is 7.18. The number of carbonyl (C=O) groups excluding carboxylic acids is 1. The molecule has 130 valence electrons. The summed E-state index contributed by atoms with van der Waals surface area (Å²) < 4.78 is 35.5. The lowest BCUT2D eigenvalue weighted by Gasteiger charge is -2.14. The Morgan fingerprint density at radius 3 is 2.75 bits per heavy atom. The van der Waals surface area contributed by atoms with Crippen LogP contribution in [0.1, 0.15) is 6.92 Å². The van der Waals surface area contributed by atoms with Gasteiger partial charge in [0, 0.05) is 18.0 Å². The average molecular weight is 360 g/mol. The molecule has 1 atom stereocenters. The van der Waals surface area contributed by atoms with Gasteiger partial charge in [0.2, 0.25) is 5.91 Å². The number of amides is 1. The van der Waals surface area contributed by atoms with E-state index >= 15 is 0 Å². The van der Waals surface area contributed by atoms with E-state index < -0.39 is 6.61 Å². The Bertz CT molecular complexity index is 709. The molecule has 0 saturated heterocycles. The molecular formula is C15H16ClF2N3O3. The van der Waals surface area contributed by atoms with E-state index in [9.17, 15) is 13.6 Å². The SMILES string of the molecule is COc1cc(NC(=O)C(C)Cn2cc(Cl)cn2)ccc1OC(F)F. The van der Waals surface area contributed by atoms with Crippen LogP contribution in [0.25, 0.3) is 0 Å². The first-order valence-electron chi connectivity index (χ1n) is 7.00. The first-order chi connectivity index (χ1) is 11.4. The first kappa shape index (κ1) is 18.0. The Morgan fingerprint density at radius 1 is 1.42 bits per heavy atom. The molecule has 0 aliphatic heterocycles. The van der Waals surface area contributed by atoms with Crippen molar-refractivity contribution in [3.63, 3.8) is 0 Å². The van der Waals surface area contributed by atoms with E-state index in [1.807, 2.05) is 0 Å². The summed E-state index contributed by atoms with van der Waals surface area (Å²) in [6.45, 7) is -0.876. The van der Waals surface area contributed by atoms with E-state index in [2.05, 4.69) is 15.2 Å². The molecule has 1 aromatic carbocycles. The Balaban J connectivity index is 2.02. The van der Waals surface area contributed by atoms with Crippen LogP contribution in [0.15, 0.2) is 30.6 Å². The molecule has 0 aliphatic carbocycles. The van der Waals surface area contributed by atoms with E-state index in [1.165, 1.54) is 31.5 Å². The highest BCUT2D eigenvalue weighted by Gasteiger charge is 2.16. The maximum Gasteiger partial charge on any atom is 0.387 e. The Labute approximate surface area is 142 Å². The third-order valence-electron chi connectivity index (χ3n) is 3.16. The molecule has 6 nitrogen and oxygen atoms in total. The summed E-state index contributed by atoms with van der Waals surface area (Å²) in [5.74, 6) is -0.653. The standard InChI is InChI=1S/C15H16ClF2N3O3/c1-9(7-21-8-10(16)6-19-21)14(22)20-11-3-4-12(24-15(17)18)13(5-11)23-2/h3-6,8-9,15H,7H2,1-2H3,(H,20,22). The number of hydrogen-bond donors (Lipinski definition) is 1. The second-order valence-corrected chi connectivity index (χ2v) is 5.45. The minimum Gasteiger partial charge on any atom is -0.493 e. The van der Waals surface area contributed by atoms with Crippen LogP contribution in [-0.4, -0.2) is 29.4 Å². The zero-order valence-electron chi connectivity index (χ0n) is 13.0. The van der Waals surface area contributed by atoms with Gasteiger partial charge in [-0.05, 0) is 12.1 Å². The number of aromatic nitrogens is 2. The molecule has 1 N–H and O–H groups in total. The molecule has 0 bridgehead atoms. The maximum atomic E-state index is 12.3. The molecule has 0 fully saturated rings. The number of rotatable bonds is 7. The maximum absolute atomic E-state index is 12.3. The fourth-order valence-electron chi connectivity index (χ4n) is 2.01. The van der Waals surface area contributed by atoms with Gasteiger partial charge in [-0.15, -0.1) is 0 Å². The predicted molar refractivity (Wildman–Crippen MR) is 84.7 cm³/mol. The van der Waals surface area contributed by atoms with Crippen molar-refractivity contribution < 1.29 is 23.0 Å². The largest absolute Gasteiger partial charge is 0.493 e. The van der Waals surface area contributed by atoms with Gasteiger partial charge >= 0.3 is 6.61 Å². The van der Waals surface area contributed by atoms with E-state index in [1.54, 1.807) is 17.8 Å². The van der Waals surface area contributed by atoms with Gasteiger partial charge in [0.05, 0.1) is 30.8 Å². The monoisotopic (exact) mass is 359 g/mol. The summed E-state index contributed by atoms with van der Waals surface area (Å²) in [6, 6.07) is 4.17. The Morgan fingerprint density at radius 2 is 2.17 bits per heavy atom. The lowest BCUT2D eigenvalue weighted by Crippen LogP contribution is -2.24. The number of benzene rings is 1. The van der Waals surface area contributed by atoms with E-state index in [-0.39, 0.29) is 23.3 Å². The van der Waals surface area contributed by atoms with Gasteiger partial charge in [-0.25, -0.2) is 0 Å². The average Bonchev–Trinajstić information content (AvgIpc) is 2.93. The quantitative estimate of drug-likeness (QED) is 0.822. The van der Waals surface area contributed by atoms with Gasteiger partial charge < -0.3 is 14.8 Å². The fraction of sp³-hybridized carbons (Fsp3) is 0.333. The van der Waals surface area contributed by atoms with Gasteiger partial charge in [0.15, 0.2) is 11.5 Å². The highest BCUT2D eigenvalue weighted by Crippen LogP contribution is 2.31. The van der Waals surface area contributed by atoms with E-state index in [0.717, 1.165) is 0 Å². The highest BCUT2D eigenvalue weighted by atomic mass is 35.5. The van der Waals surface area contributed by atoms with E-state index in [0.29, 0.717) is 17.3 Å². The number of alkyl halides is 2. The Hall–Kier alpha value is -2.35. The normalized spacial score (nSPS) is 12.1. The molecular weight excluding hydrogens is 344 g/mol. The number of methoxy groups -OCH3 is 1. The molecule has 1 unspecified atom stereocenters. The minimum absolute atomic E-state index is 0.0969. The summed E-state index contributed by atoms with van der Waals surface area (Å²) in [5.41, 5.74) is 0.406. The summed E-state index contributed by atoms with van der Waals surface area (Å²) >= 11 is 5.77. The summed E-state index contributed by atoms with van der Waals surface area (Å²) in [4.78, 5) is 12.2. The molecule has 2 rings (SSSR count). The van der Waals surface area contributed by atoms with Crippen LogP contribution < -0.4 is 14.8 Å². The minimum atomic E-state index is -2.96. The molecule has 2 aromatic rings. The van der Waals surface area contributed by atoms with Crippen molar-refractivity contribution in [2.75, 3.05) is 12.4 Å². The van der Waals surface area contributed by atoms with Gasteiger partial charge in [-0.1, -0.05) is 18.5 Å². The second kappa shape index (κ2) is 7.96. The number of nitrogens with one attached hydrogen (secondary N) is 1. The van der Waals surface area contributed by atoms with Gasteiger partial charge in [-0.3, -0.25) is 9.48 Å². The molecule has 0 aliphatic rings. The molecule has 0 saturated carbocycles. The Kier molecular flexibility index (Phi) is 5.97. The van der Waals surface area contributed by atoms with Crippen molar-refractivity contribution in [2.45, 2.75) is 20.1 Å². The van der Waals surface area contributed by atoms with Gasteiger partial charge in [0.1, 0.15) is 0 Å². The molecule has 1 heterocycles. The second-order valence-electron chi connectivity index (χ2n) is 5.02.